The number of aliphatic hydroxyl groups is 1. The second-order valence-corrected chi connectivity index (χ2v) is 3.18. The average Bonchev–Trinajstić information content (AvgIpc) is 2.50. The number of rotatable bonds is 3. The molecule has 0 amide bonds. The van der Waals surface area contributed by atoms with Crippen LogP contribution in [-0.2, 0) is 0 Å². The highest BCUT2D eigenvalue weighted by atomic mass is 16.3. The first-order valence-electron chi connectivity index (χ1n) is 3.96. The molecule has 3 atom stereocenters. The smallest absolute Gasteiger partial charge is 0.0923 e. The van der Waals surface area contributed by atoms with E-state index in [4.69, 9.17) is 10.8 Å². The predicted molar refractivity (Wildman–Crippen MR) is 42.0 cm³/mol. The van der Waals surface area contributed by atoms with Crippen LogP contribution in [0.2, 0.25) is 0 Å². The van der Waals surface area contributed by atoms with Crippen molar-refractivity contribution >= 4 is 0 Å². The molecule has 1 aliphatic carbocycles. The van der Waals surface area contributed by atoms with Crippen LogP contribution in [0.3, 0.4) is 0 Å². The molecule has 0 heterocycles. The van der Waals surface area contributed by atoms with Crippen LogP contribution in [0.5, 0.6) is 0 Å². The Hall–Kier alpha value is -0.480. The van der Waals surface area contributed by atoms with Gasteiger partial charge < -0.3 is 10.8 Å². The molecule has 1 fully saturated rings. The summed E-state index contributed by atoms with van der Waals surface area (Å²) < 4.78 is 0. The summed E-state index contributed by atoms with van der Waals surface area (Å²) in [6, 6.07) is -0.223. The van der Waals surface area contributed by atoms with Gasteiger partial charge in [0.05, 0.1) is 12.6 Å². The first-order valence-corrected chi connectivity index (χ1v) is 3.96. The molecule has 0 bridgehead atoms. The molecule has 0 aromatic carbocycles. The van der Waals surface area contributed by atoms with Gasteiger partial charge in [0.2, 0.25) is 0 Å². The highest BCUT2D eigenvalue weighted by molar-refractivity contribution is 4.85. The van der Waals surface area contributed by atoms with Crippen LogP contribution in [0.15, 0.2) is 5.18 Å². The quantitative estimate of drug-likeness (QED) is 0.578. The van der Waals surface area contributed by atoms with Crippen molar-refractivity contribution in [3.63, 3.8) is 0 Å². The van der Waals surface area contributed by atoms with E-state index in [0.717, 1.165) is 19.3 Å². The van der Waals surface area contributed by atoms with Crippen LogP contribution >= 0.6 is 0 Å². The number of hydrogen-bond acceptors (Lipinski definition) is 4. The third-order valence-corrected chi connectivity index (χ3v) is 2.41. The molecule has 1 aliphatic rings. The van der Waals surface area contributed by atoms with E-state index >= 15 is 0 Å². The fraction of sp³-hybridized carbons (Fsp3) is 1.00. The molecule has 0 spiro atoms. The number of nitrogens with zero attached hydrogens (tertiary/aromatic N) is 1. The Kier molecular flexibility index (Phi) is 2.96. The van der Waals surface area contributed by atoms with Crippen molar-refractivity contribution < 1.29 is 5.11 Å². The minimum atomic E-state index is -0.165. The van der Waals surface area contributed by atoms with E-state index in [1.54, 1.807) is 0 Å². The first kappa shape index (κ1) is 8.62. The highest BCUT2D eigenvalue weighted by Gasteiger charge is 2.29. The van der Waals surface area contributed by atoms with Crippen molar-refractivity contribution in [1.29, 1.82) is 0 Å². The molecule has 0 saturated heterocycles. The number of nitrogens with two attached hydrogens (primary N) is 1. The largest absolute Gasteiger partial charge is 0.395 e. The van der Waals surface area contributed by atoms with Gasteiger partial charge >= 0.3 is 0 Å². The van der Waals surface area contributed by atoms with Crippen LogP contribution < -0.4 is 5.73 Å². The van der Waals surface area contributed by atoms with Crippen molar-refractivity contribution in [2.45, 2.75) is 31.3 Å². The van der Waals surface area contributed by atoms with Crippen LogP contribution in [0.4, 0.5) is 0 Å². The second kappa shape index (κ2) is 3.78. The van der Waals surface area contributed by atoms with Gasteiger partial charge in [0.1, 0.15) is 0 Å². The Labute approximate surface area is 65.8 Å². The summed E-state index contributed by atoms with van der Waals surface area (Å²) in [5.41, 5.74) is 5.60. The number of aliphatic hydroxyl groups excluding tert-OH is 1. The standard InChI is InChI=1S/C7H14N2O2/c8-7(4-10)5-1-2-6(3-5)9-11/h5-7,10H,1-4,8H2. The first-order chi connectivity index (χ1) is 5.27. The zero-order chi connectivity index (χ0) is 8.27. The lowest BCUT2D eigenvalue weighted by Crippen LogP contribution is -2.32. The van der Waals surface area contributed by atoms with Gasteiger partial charge in [-0.25, -0.2) is 0 Å². The SMILES string of the molecule is NC(CO)C1CCC(N=O)C1. The van der Waals surface area contributed by atoms with E-state index < -0.39 is 0 Å². The maximum absolute atomic E-state index is 10.1. The lowest BCUT2D eigenvalue weighted by molar-refractivity contribution is 0.227. The van der Waals surface area contributed by atoms with Gasteiger partial charge in [0.25, 0.3) is 0 Å². The third-order valence-electron chi connectivity index (χ3n) is 2.41. The molecular formula is C7H14N2O2. The van der Waals surface area contributed by atoms with Crippen molar-refractivity contribution in [2.75, 3.05) is 6.61 Å². The Morgan fingerprint density at radius 3 is 2.82 bits per heavy atom. The van der Waals surface area contributed by atoms with Crippen LogP contribution in [0.1, 0.15) is 19.3 Å². The molecule has 11 heavy (non-hydrogen) atoms. The summed E-state index contributed by atoms with van der Waals surface area (Å²) in [5.74, 6) is 0.294. The Morgan fingerprint density at radius 2 is 2.36 bits per heavy atom. The molecule has 3 N–H and O–H groups in total. The molecule has 0 radical (unpaired) electrons. The molecule has 4 nitrogen and oxygen atoms in total. The second-order valence-electron chi connectivity index (χ2n) is 3.18. The van der Waals surface area contributed by atoms with Gasteiger partial charge in [-0.05, 0) is 25.2 Å². The van der Waals surface area contributed by atoms with Crippen LogP contribution in [0.25, 0.3) is 0 Å². The molecular weight excluding hydrogens is 144 g/mol. The fourth-order valence-corrected chi connectivity index (χ4v) is 1.63. The van der Waals surface area contributed by atoms with Crippen LogP contribution in [0, 0.1) is 10.8 Å². The molecule has 0 aromatic rings. The van der Waals surface area contributed by atoms with E-state index in [1.807, 2.05) is 0 Å². The zero-order valence-electron chi connectivity index (χ0n) is 6.44. The maximum atomic E-state index is 10.1. The van der Waals surface area contributed by atoms with Gasteiger partial charge in [-0.1, -0.05) is 5.18 Å². The third kappa shape index (κ3) is 1.97. The highest BCUT2D eigenvalue weighted by Crippen LogP contribution is 2.29. The summed E-state index contributed by atoms with van der Waals surface area (Å²) in [6.07, 6.45) is 2.52. The molecule has 1 rings (SSSR count). The lowest BCUT2D eigenvalue weighted by atomic mass is 10.00. The van der Waals surface area contributed by atoms with E-state index in [1.165, 1.54) is 0 Å². The normalized spacial score (nSPS) is 33.6. The number of hydrogen-bond donors (Lipinski definition) is 2. The maximum Gasteiger partial charge on any atom is 0.0923 e. The van der Waals surface area contributed by atoms with Gasteiger partial charge in [0, 0.05) is 6.04 Å². The number of nitroso groups, excluding NO2 is 1. The predicted octanol–water partition coefficient (Wildman–Crippen LogP) is 0.241. The Bertz CT molecular complexity index is 140. The van der Waals surface area contributed by atoms with E-state index in [0.29, 0.717) is 5.92 Å². The average molecular weight is 158 g/mol. The van der Waals surface area contributed by atoms with Crippen molar-refractivity contribution in [3.8, 4) is 0 Å². The summed E-state index contributed by atoms with van der Waals surface area (Å²) in [6.45, 7) is 0.0102. The van der Waals surface area contributed by atoms with Crippen molar-refractivity contribution in [3.05, 3.63) is 4.91 Å². The van der Waals surface area contributed by atoms with Gasteiger partial charge in [-0.2, -0.15) is 4.91 Å². The minimum absolute atomic E-state index is 0.0102. The van der Waals surface area contributed by atoms with E-state index in [2.05, 4.69) is 5.18 Å². The monoisotopic (exact) mass is 158 g/mol. The van der Waals surface area contributed by atoms with E-state index in [9.17, 15) is 4.91 Å². The summed E-state index contributed by atoms with van der Waals surface area (Å²) >= 11 is 0. The van der Waals surface area contributed by atoms with Crippen molar-refractivity contribution in [1.82, 2.24) is 0 Å². The summed E-state index contributed by atoms with van der Waals surface area (Å²) in [4.78, 5) is 10.1. The van der Waals surface area contributed by atoms with Gasteiger partial charge in [-0.15, -0.1) is 0 Å². The molecule has 4 heteroatoms. The molecule has 64 valence electrons. The van der Waals surface area contributed by atoms with Gasteiger partial charge in [0.15, 0.2) is 0 Å². The molecule has 0 aliphatic heterocycles. The van der Waals surface area contributed by atoms with Gasteiger partial charge in [-0.3, -0.25) is 0 Å². The minimum Gasteiger partial charge on any atom is -0.395 e. The summed E-state index contributed by atoms with van der Waals surface area (Å²) in [7, 11) is 0. The lowest BCUT2D eigenvalue weighted by Gasteiger charge is -2.14. The fourth-order valence-electron chi connectivity index (χ4n) is 1.63. The van der Waals surface area contributed by atoms with E-state index in [-0.39, 0.29) is 18.7 Å². The topological polar surface area (TPSA) is 75.7 Å². The Morgan fingerprint density at radius 1 is 1.64 bits per heavy atom. The Balaban J connectivity index is 2.34. The zero-order valence-corrected chi connectivity index (χ0v) is 6.44. The molecule has 0 aromatic heterocycles. The molecule has 1 saturated carbocycles. The summed E-state index contributed by atoms with van der Waals surface area (Å²) in [5, 5.41) is 11.7. The molecule has 3 unspecified atom stereocenters. The van der Waals surface area contributed by atoms with Crippen molar-refractivity contribution in [2.24, 2.45) is 16.8 Å². The van der Waals surface area contributed by atoms with Crippen LogP contribution in [-0.4, -0.2) is 23.8 Å².